The molecule has 0 radical (unpaired) electrons. The van der Waals surface area contributed by atoms with E-state index in [2.05, 4.69) is 5.10 Å². The number of ketones is 1. The topological polar surface area (TPSA) is 44.1 Å². The molecule has 4 rings (SSSR count). The number of aryl methyl sites for hydroxylation is 1. The van der Waals surface area contributed by atoms with Crippen LogP contribution in [0.25, 0.3) is 0 Å². The summed E-state index contributed by atoms with van der Waals surface area (Å²) in [5.74, 6) is -0.0126. The Bertz CT molecular complexity index is 760. The zero-order chi connectivity index (χ0) is 15.3. The molecule has 2 heterocycles. The molecule has 114 valence electrons. The van der Waals surface area contributed by atoms with Crippen LogP contribution in [0.3, 0.4) is 0 Å². The summed E-state index contributed by atoms with van der Waals surface area (Å²) in [5.41, 5.74) is 4.26. The number of ether oxygens (including phenoxy) is 1. The van der Waals surface area contributed by atoms with Gasteiger partial charge in [-0.25, -0.2) is 4.68 Å². The van der Waals surface area contributed by atoms with Gasteiger partial charge in [0.05, 0.1) is 11.3 Å². The molecule has 1 aromatic heterocycles. The smallest absolute Gasteiger partial charge is 0.198 e. The molecule has 2 aromatic rings. The maximum Gasteiger partial charge on any atom is 0.198 e. The van der Waals surface area contributed by atoms with E-state index in [0.29, 0.717) is 17.1 Å². The Labute approximate surface area is 134 Å². The molecular formula is C17H17ClN2O2. The molecule has 1 unspecified atom stereocenters. The predicted molar refractivity (Wildman–Crippen MR) is 83.5 cm³/mol. The number of nitrogens with zero attached hydrogens (tertiary/aromatic N) is 2. The van der Waals surface area contributed by atoms with E-state index >= 15 is 0 Å². The summed E-state index contributed by atoms with van der Waals surface area (Å²) in [4.78, 5) is 12.9. The molecule has 0 spiro atoms. The fourth-order valence-corrected chi connectivity index (χ4v) is 3.77. The van der Waals surface area contributed by atoms with Crippen molar-refractivity contribution in [1.29, 1.82) is 0 Å². The Morgan fingerprint density at radius 3 is 2.95 bits per heavy atom. The van der Waals surface area contributed by atoms with Crippen LogP contribution in [0, 0.1) is 6.92 Å². The Balaban J connectivity index is 1.84. The molecule has 0 bridgehead atoms. The zero-order valence-electron chi connectivity index (χ0n) is 12.4. The van der Waals surface area contributed by atoms with Crippen LogP contribution in [-0.4, -0.2) is 22.2 Å². The lowest BCUT2D eigenvalue weighted by Crippen LogP contribution is -2.24. The molecule has 2 aliphatic rings. The van der Waals surface area contributed by atoms with E-state index in [1.54, 1.807) is 0 Å². The van der Waals surface area contributed by atoms with Gasteiger partial charge in [0.2, 0.25) is 0 Å². The van der Waals surface area contributed by atoms with Gasteiger partial charge in [0.1, 0.15) is 0 Å². The summed E-state index contributed by atoms with van der Waals surface area (Å²) < 4.78 is 7.65. The van der Waals surface area contributed by atoms with Crippen molar-refractivity contribution in [1.82, 2.24) is 9.78 Å². The number of aromatic nitrogens is 2. The largest absolute Gasteiger partial charge is 0.357 e. The first-order chi connectivity index (χ1) is 10.7. The third-order valence-corrected chi connectivity index (χ3v) is 4.83. The van der Waals surface area contributed by atoms with Gasteiger partial charge in [-0.05, 0) is 37.3 Å². The van der Waals surface area contributed by atoms with Gasteiger partial charge in [-0.2, -0.15) is 5.10 Å². The highest BCUT2D eigenvalue weighted by Crippen LogP contribution is 2.36. The number of carbonyl (C=O) groups is 1. The molecule has 4 nitrogen and oxygen atoms in total. The molecule has 22 heavy (non-hydrogen) atoms. The second-order valence-corrected chi connectivity index (χ2v) is 6.35. The molecular weight excluding hydrogens is 300 g/mol. The number of benzene rings is 1. The lowest BCUT2D eigenvalue weighted by atomic mass is 9.86. The summed E-state index contributed by atoms with van der Waals surface area (Å²) in [6.45, 7) is 2.70. The van der Waals surface area contributed by atoms with Gasteiger partial charge in [0, 0.05) is 18.6 Å². The molecule has 1 atom stereocenters. The van der Waals surface area contributed by atoms with E-state index in [-0.39, 0.29) is 12.0 Å². The van der Waals surface area contributed by atoms with E-state index in [1.165, 1.54) is 0 Å². The van der Waals surface area contributed by atoms with Gasteiger partial charge in [-0.1, -0.05) is 29.8 Å². The van der Waals surface area contributed by atoms with Crippen molar-refractivity contribution in [3.8, 4) is 0 Å². The Hall–Kier alpha value is -1.65. The molecule has 0 N–H and O–H groups in total. The van der Waals surface area contributed by atoms with E-state index in [4.69, 9.17) is 16.3 Å². The summed E-state index contributed by atoms with van der Waals surface area (Å²) >= 11 is 6.29. The van der Waals surface area contributed by atoms with Crippen molar-refractivity contribution in [2.24, 2.45) is 0 Å². The van der Waals surface area contributed by atoms with Gasteiger partial charge >= 0.3 is 0 Å². The van der Waals surface area contributed by atoms with Crippen molar-refractivity contribution in [2.75, 3.05) is 6.61 Å². The molecule has 0 saturated carbocycles. The van der Waals surface area contributed by atoms with Crippen molar-refractivity contribution >= 4 is 17.4 Å². The summed E-state index contributed by atoms with van der Waals surface area (Å²) in [7, 11) is 0. The SMILES string of the molecule is Cc1cccc2c1C(=O)c1c(Cl)nn(C3CCCCO3)c1C2. The Morgan fingerprint density at radius 2 is 2.18 bits per heavy atom. The highest BCUT2D eigenvalue weighted by atomic mass is 35.5. The van der Waals surface area contributed by atoms with Crippen molar-refractivity contribution in [3.05, 3.63) is 51.3 Å². The second kappa shape index (κ2) is 5.21. The Kier molecular flexibility index (Phi) is 3.31. The van der Waals surface area contributed by atoms with Crippen LogP contribution in [-0.2, 0) is 11.2 Å². The summed E-state index contributed by atoms with van der Waals surface area (Å²) in [6.07, 6.45) is 3.68. The van der Waals surface area contributed by atoms with E-state index in [0.717, 1.165) is 48.3 Å². The highest BCUT2D eigenvalue weighted by Gasteiger charge is 2.33. The second-order valence-electron chi connectivity index (χ2n) is 5.99. The van der Waals surface area contributed by atoms with Gasteiger partial charge in [0.15, 0.2) is 17.2 Å². The maximum absolute atomic E-state index is 12.9. The summed E-state index contributed by atoms with van der Waals surface area (Å²) in [6, 6.07) is 5.96. The lowest BCUT2D eigenvalue weighted by Gasteiger charge is -2.26. The van der Waals surface area contributed by atoms with Crippen molar-refractivity contribution in [2.45, 2.75) is 38.8 Å². The fraction of sp³-hybridized carbons (Fsp3) is 0.412. The molecule has 1 aliphatic carbocycles. The lowest BCUT2D eigenvalue weighted by molar-refractivity contribution is -0.0409. The fourth-order valence-electron chi connectivity index (χ4n) is 3.49. The van der Waals surface area contributed by atoms with Gasteiger partial charge < -0.3 is 4.74 Å². The average molecular weight is 317 g/mol. The van der Waals surface area contributed by atoms with Gasteiger partial charge in [-0.3, -0.25) is 4.79 Å². The maximum atomic E-state index is 12.9. The highest BCUT2D eigenvalue weighted by molar-refractivity contribution is 6.34. The normalized spacial score (nSPS) is 20.6. The van der Waals surface area contributed by atoms with Crippen LogP contribution in [0.1, 0.15) is 58.2 Å². The number of hydrogen-bond donors (Lipinski definition) is 0. The van der Waals surface area contributed by atoms with Crippen LogP contribution in [0.15, 0.2) is 18.2 Å². The number of rotatable bonds is 1. The van der Waals surface area contributed by atoms with E-state index in [1.807, 2.05) is 29.8 Å². The number of halogens is 1. The number of fused-ring (bicyclic) bond motifs is 2. The average Bonchev–Trinajstić information content (AvgIpc) is 2.85. The molecule has 5 heteroatoms. The van der Waals surface area contributed by atoms with Crippen LogP contribution in [0.4, 0.5) is 0 Å². The quantitative estimate of drug-likeness (QED) is 0.688. The van der Waals surface area contributed by atoms with Gasteiger partial charge in [-0.15, -0.1) is 0 Å². The van der Waals surface area contributed by atoms with Gasteiger partial charge in [0.25, 0.3) is 0 Å². The number of hydrogen-bond acceptors (Lipinski definition) is 3. The molecule has 1 fully saturated rings. The molecule has 1 aromatic carbocycles. The van der Waals surface area contributed by atoms with Crippen LogP contribution < -0.4 is 0 Å². The third kappa shape index (κ3) is 2.02. The first-order valence-electron chi connectivity index (χ1n) is 7.68. The molecule has 0 amide bonds. The Morgan fingerprint density at radius 1 is 1.32 bits per heavy atom. The minimum Gasteiger partial charge on any atom is -0.357 e. The number of carbonyl (C=O) groups excluding carboxylic acids is 1. The first kappa shape index (κ1) is 14.0. The van der Waals surface area contributed by atoms with Crippen LogP contribution in [0.5, 0.6) is 0 Å². The van der Waals surface area contributed by atoms with Crippen LogP contribution in [0.2, 0.25) is 5.15 Å². The molecule has 1 aliphatic heterocycles. The third-order valence-electron chi connectivity index (χ3n) is 4.57. The first-order valence-corrected chi connectivity index (χ1v) is 8.06. The van der Waals surface area contributed by atoms with Crippen molar-refractivity contribution in [3.63, 3.8) is 0 Å². The van der Waals surface area contributed by atoms with Crippen LogP contribution >= 0.6 is 11.6 Å². The standard InChI is InChI=1S/C17H17ClN2O2/c1-10-5-4-6-11-9-12-15(16(21)14(10)11)17(18)19-20(12)13-7-2-3-8-22-13/h4-6,13H,2-3,7-9H2,1H3. The summed E-state index contributed by atoms with van der Waals surface area (Å²) in [5, 5.41) is 4.71. The van der Waals surface area contributed by atoms with E-state index < -0.39 is 0 Å². The predicted octanol–water partition coefficient (Wildman–Crippen LogP) is 3.68. The minimum absolute atomic E-state index is 0.0126. The van der Waals surface area contributed by atoms with Crippen molar-refractivity contribution < 1.29 is 9.53 Å². The minimum atomic E-state index is -0.103. The molecule has 1 saturated heterocycles. The zero-order valence-corrected chi connectivity index (χ0v) is 13.2. The monoisotopic (exact) mass is 316 g/mol. The van der Waals surface area contributed by atoms with E-state index in [9.17, 15) is 4.79 Å².